The summed E-state index contributed by atoms with van der Waals surface area (Å²) in [6.45, 7) is 2.94. The second-order valence-corrected chi connectivity index (χ2v) is 4.51. The first kappa shape index (κ1) is 15.3. The lowest BCUT2D eigenvalue weighted by molar-refractivity contribution is 0.354. The number of methoxy groups -OCH3 is 2. The molecule has 19 heavy (non-hydrogen) atoms. The molecule has 1 aromatic rings. The van der Waals surface area contributed by atoms with Crippen LogP contribution in [0.3, 0.4) is 0 Å². The first-order chi connectivity index (χ1) is 9.21. The SMILES string of the molecule is COc1ccc(CCCNC(C)CC#N)cc1OC. The first-order valence-electron chi connectivity index (χ1n) is 6.52. The Morgan fingerprint density at radius 1 is 1.26 bits per heavy atom. The van der Waals surface area contributed by atoms with Crippen LogP contribution in [0, 0.1) is 11.3 Å². The maximum absolute atomic E-state index is 8.56. The van der Waals surface area contributed by atoms with Crippen LogP contribution in [0.4, 0.5) is 0 Å². The molecule has 0 amide bonds. The van der Waals surface area contributed by atoms with E-state index in [-0.39, 0.29) is 6.04 Å². The molecule has 0 heterocycles. The fourth-order valence-electron chi connectivity index (χ4n) is 1.89. The van der Waals surface area contributed by atoms with E-state index < -0.39 is 0 Å². The Morgan fingerprint density at radius 2 is 2.00 bits per heavy atom. The molecule has 1 rings (SSSR count). The predicted molar refractivity (Wildman–Crippen MR) is 75.6 cm³/mol. The number of hydrogen-bond acceptors (Lipinski definition) is 4. The quantitative estimate of drug-likeness (QED) is 0.731. The summed E-state index contributed by atoms with van der Waals surface area (Å²) >= 11 is 0. The van der Waals surface area contributed by atoms with Crippen LogP contribution in [0.25, 0.3) is 0 Å². The third-order valence-electron chi connectivity index (χ3n) is 2.98. The van der Waals surface area contributed by atoms with E-state index in [0.717, 1.165) is 30.9 Å². The fraction of sp³-hybridized carbons (Fsp3) is 0.533. The number of benzene rings is 1. The monoisotopic (exact) mass is 262 g/mol. The third-order valence-corrected chi connectivity index (χ3v) is 2.98. The Bertz CT molecular complexity index is 427. The van der Waals surface area contributed by atoms with E-state index in [0.29, 0.717) is 6.42 Å². The molecule has 0 saturated heterocycles. The highest BCUT2D eigenvalue weighted by Gasteiger charge is 2.04. The number of aryl methyl sites for hydroxylation is 1. The zero-order chi connectivity index (χ0) is 14.1. The molecule has 0 aliphatic heterocycles. The van der Waals surface area contributed by atoms with Gasteiger partial charge in [-0.05, 0) is 44.0 Å². The Morgan fingerprint density at radius 3 is 2.63 bits per heavy atom. The first-order valence-corrected chi connectivity index (χ1v) is 6.52. The van der Waals surface area contributed by atoms with Crippen LogP contribution in [0.15, 0.2) is 18.2 Å². The molecule has 104 valence electrons. The summed E-state index contributed by atoms with van der Waals surface area (Å²) in [5.74, 6) is 1.53. The van der Waals surface area contributed by atoms with Crippen LogP contribution in [-0.2, 0) is 6.42 Å². The van der Waals surface area contributed by atoms with Gasteiger partial charge in [-0.2, -0.15) is 5.26 Å². The summed E-state index contributed by atoms with van der Waals surface area (Å²) in [6.07, 6.45) is 2.56. The van der Waals surface area contributed by atoms with Gasteiger partial charge >= 0.3 is 0 Å². The van der Waals surface area contributed by atoms with Crippen molar-refractivity contribution in [3.63, 3.8) is 0 Å². The van der Waals surface area contributed by atoms with Gasteiger partial charge in [0.1, 0.15) is 0 Å². The van der Waals surface area contributed by atoms with Crippen molar-refractivity contribution < 1.29 is 9.47 Å². The lowest BCUT2D eigenvalue weighted by Crippen LogP contribution is -2.26. The lowest BCUT2D eigenvalue weighted by atomic mass is 10.1. The van der Waals surface area contributed by atoms with Crippen molar-refractivity contribution in [2.24, 2.45) is 0 Å². The van der Waals surface area contributed by atoms with E-state index in [2.05, 4.69) is 17.5 Å². The Kier molecular flexibility index (Phi) is 6.76. The Hall–Kier alpha value is -1.73. The van der Waals surface area contributed by atoms with Gasteiger partial charge in [-0.25, -0.2) is 0 Å². The molecule has 1 aromatic carbocycles. The predicted octanol–water partition coefficient (Wildman–Crippen LogP) is 2.53. The maximum atomic E-state index is 8.56. The normalized spacial score (nSPS) is 11.7. The number of nitrogens with zero attached hydrogens (tertiary/aromatic N) is 1. The highest BCUT2D eigenvalue weighted by atomic mass is 16.5. The van der Waals surface area contributed by atoms with Crippen LogP contribution in [0.5, 0.6) is 11.5 Å². The summed E-state index contributed by atoms with van der Waals surface area (Å²) < 4.78 is 10.5. The molecule has 0 aliphatic rings. The van der Waals surface area contributed by atoms with Crippen molar-refractivity contribution in [1.82, 2.24) is 5.32 Å². The average molecular weight is 262 g/mol. The summed E-state index contributed by atoms with van der Waals surface area (Å²) in [7, 11) is 3.28. The van der Waals surface area contributed by atoms with Gasteiger partial charge in [-0.1, -0.05) is 6.07 Å². The third kappa shape index (κ3) is 5.19. The number of nitrogens with one attached hydrogen (secondary N) is 1. The van der Waals surface area contributed by atoms with Crippen molar-refractivity contribution in [2.45, 2.75) is 32.2 Å². The molecule has 0 radical (unpaired) electrons. The molecule has 0 spiro atoms. The number of ether oxygens (including phenoxy) is 2. The summed E-state index contributed by atoms with van der Waals surface area (Å²) in [5, 5.41) is 11.9. The van der Waals surface area contributed by atoms with Gasteiger partial charge in [0.05, 0.1) is 26.7 Å². The van der Waals surface area contributed by atoms with E-state index in [1.165, 1.54) is 5.56 Å². The number of hydrogen-bond donors (Lipinski definition) is 1. The van der Waals surface area contributed by atoms with E-state index in [1.54, 1.807) is 14.2 Å². The number of rotatable bonds is 8. The maximum Gasteiger partial charge on any atom is 0.160 e. The zero-order valence-corrected chi connectivity index (χ0v) is 11.9. The highest BCUT2D eigenvalue weighted by molar-refractivity contribution is 5.42. The van der Waals surface area contributed by atoms with Crippen molar-refractivity contribution in [3.8, 4) is 17.6 Å². The molecule has 1 unspecified atom stereocenters. The molecular formula is C15H22N2O2. The molecule has 1 atom stereocenters. The molecule has 0 aromatic heterocycles. The molecule has 4 heteroatoms. The molecule has 0 aliphatic carbocycles. The van der Waals surface area contributed by atoms with Gasteiger partial charge < -0.3 is 14.8 Å². The van der Waals surface area contributed by atoms with E-state index >= 15 is 0 Å². The van der Waals surface area contributed by atoms with Gasteiger partial charge in [0.15, 0.2) is 11.5 Å². The topological polar surface area (TPSA) is 54.3 Å². The van der Waals surface area contributed by atoms with Gasteiger partial charge in [-0.3, -0.25) is 0 Å². The van der Waals surface area contributed by atoms with Crippen LogP contribution < -0.4 is 14.8 Å². The summed E-state index contributed by atoms with van der Waals surface area (Å²) in [4.78, 5) is 0. The average Bonchev–Trinajstić information content (AvgIpc) is 2.43. The van der Waals surface area contributed by atoms with Crippen molar-refractivity contribution in [3.05, 3.63) is 23.8 Å². The minimum absolute atomic E-state index is 0.260. The van der Waals surface area contributed by atoms with Crippen LogP contribution in [0.2, 0.25) is 0 Å². The fourth-order valence-corrected chi connectivity index (χ4v) is 1.89. The van der Waals surface area contributed by atoms with Crippen molar-refractivity contribution >= 4 is 0 Å². The largest absolute Gasteiger partial charge is 0.493 e. The van der Waals surface area contributed by atoms with E-state index in [4.69, 9.17) is 14.7 Å². The van der Waals surface area contributed by atoms with Gasteiger partial charge in [0.2, 0.25) is 0 Å². The molecular weight excluding hydrogens is 240 g/mol. The second kappa shape index (κ2) is 8.39. The van der Waals surface area contributed by atoms with Crippen LogP contribution in [-0.4, -0.2) is 26.8 Å². The molecule has 0 bridgehead atoms. The standard InChI is InChI=1S/C15H22N2O2/c1-12(8-9-16)17-10-4-5-13-6-7-14(18-2)15(11-13)19-3/h6-7,11-12,17H,4-5,8,10H2,1-3H3. The van der Waals surface area contributed by atoms with E-state index in [9.17, 15) is 0 Å². The molecule has 0 fully saturated rings. The summed E-state index contributed by atoms with van der Waals surface area (Å²) in [5.41, 5.74) is 1.23. The highest BCUT2D eigenvalue weighted by Crippen LogP contribution is 2.27. The van der Waals surface area contributed by atoms with Crippen LogP contribution >= 0.6 is 0 Å². The second-order valence-electron chi connectivity index (χ2n) is 4.51. The van der Waals surface area contributed by atoms with Crippen molar-refractivity contribution in [1.29, 1.82) is 5.26 Å². The molecule has 0 saturated carbocycles. The molecule has 1 N–H and O–H groups in total. The number of nitriles is 1. The summed E-state index contributed by atoms with van der Waals surface area (Å²) in [6, 6.07) is 8.42. The van der Waals surface area contributed by atoms with Crippen molar-refractivity contribution in [2.75, 3.05) is 20.8 Å². The van der Waals surface area contributed by atoms with Gasteiger partial charge in [0.25, 0.3) is 0 Å². The zero-order valence-electron chi connectivity index (χ0n) is 11.9. The minimum atomic E-state index is 0.260. The Balaban J connectivity index is 2.39. The van der Waals surface area contributed by atoms with Crippen LogP contribution in [0.1, 0.15) is 25.3 Å². The van der Waals surface area contributed by atoms with E-state index in [1.807, 2.05) is 19.1 Å². The minimum Gasteiger partial charge on any atom is -0.493 e. The smallest absolute Gasteiger partial charge is 0.160 e. The van der Waals surface area contributed by atoms with Gasteiger partial charge in [0, 0.05) is 6.04 Å². The van der Waals surface area contributed by atoms with Gasteiger partial charge in [-0.15, -0.1) is 0 Å². The lowest BCUT2D eigenvalue weighted by Gasteiger charge is -2.11. The Labute approximate surface area is 115 Å². The molecule has 4 nitrogen and oxygen atoms in total.